The molecule has 0 bridgehead atoms. The van der Waals surface area contributed by atoms with Crippen LogP contribution < -0.4 is 4.90 Å². The van der Waals surface area contributed by atoms with Crippen LogP contribution in [0.25, 0.3) is 22.2 Å². The van der Waals surface area contributed by atoms with Gasteiger partial charge in [0.05, 0.1) is 0 Å². The van der Waals surface area contributed by atoms with Crippen LogP contribution in [0.15, 0.2) is 54.6 Å². The van der Waals surface area contributed by atoms with Crippen molar-refractivity contribution in [3.8, 4) is 11.3 Å². The Balaban J connectivity index is 1.28. The molecule has 3 heterocycles. The number of carbonyl (C=O) groups is 1. The third-order valence-corrected chi connectivity index (χ3v) is 6.85. The van der Waals surface area contributed by atoms with Crippen molar-refractivity contribution in [2.45, 2.75) is 39.5 Å². The largest absolute Gasteiger partial charge is 0.354 e. The predicted molar refractivity (Wildman–Crippen MR) is 142 cm³/mol. The minimum atomic E-state index is -0.273. The van der Waals surface area contributed by atoms with Crippen LogP contribution in [-0.4, -0.2) is 51.9 Å². The van der Waals surface area contributed by atoms with Gasteiger partial charge in [0.2, 0.25) is 5.91 Å². The van der Waals surface area contributed by atoms with Gasteiger partial charge in [-0.3, -0.25) is 4.79 Å². The Labute approximate surface area is 211 Å². The van der Waals surface area contributed by atoms with E-state index in [1.54, 1.807) is 12.1 Å². The molecule has 0 radical (unpaired) electrons. The summed E-state index contributed by atoms with van der Waals surface area (Å²) in [6, 6.07) is 16.8. The summed E-state index contributed by atoms with van der Waals surface area (Å²) in [7, 11) is 0. The molecule has 0 unspecified atom stereocenters. The molecule has 7 heteroatoms. The molecule has 5 rings (SSSR count). The maximum Gasteiger partial charge on any atom is 0.223 e. The molecule has 1 fully saturated rings. The standard InChI is InChI=1S/C29H32FN5O/c1-19(2)29-31-20(3)17-26(33-29)34-13-15-35(16-14-34)27(36)12-10-23-24-18-22(30)9-11-25(24)32-28(23)21-7-5-4-6-8-21/h4-9,11,17-19,32H,10,12-16H2,1-3H3. The highest BCUT2D eigenvalue weighted by Gasteiger charge is 2.24. The fraction of sp³-hybridized carbons (Fsp3) is 0.345. The molecule has 2 aromatic carbocycles. The van der Waals surface area contributed by atoms with Gasteiger partial charge in [0.15, 0.2) is 0 Å². The average Bonchev–Trinajstić information content (AvgIpc) is 3.25. The Morgan fingerprint density at radius 3 is 2.50 bits per heavy atom. The maximum absolute atomic E-state index is 14.1. The molecule has 0 saturated carbocycles. The molecule has 0 aliphatic carbocycles. The monoisotopic (exact) mass is 485 g/mol. The summed E-state index contributed by atoms with van der Waals surface area (Å²) in [5.41, 5.74) is 4.82. The van der Waals surface area contributed by atoms with Crippen molar-refractivity contribution in [2.24, 2.45) is 0 Å². The lowest BCUT2D eigenvalue weighted by Gasteiger charge is -2.35. The van der Waals surface area contributed by atoms with Gasteiger partial charge in [-0.1, -0.05) is 44.2 Å². The van der Waals surface area contributed by atoms with Gasteiger partial charge >= 0.3 is 0 Å². The number of amides is 1. The number of piperazine rings is 1. The summed E-state index contributed by atoms with van der Waals surface area (Å²) < 4.78 is 14.1. The minimum Gasteiger partial charge on any atom is -0.354 e. The lowest BCUT2D eigenvalue weighted by molar-refractivity contribution is -0.131. The van der Waals surface area contributed by atoms with Crippen molar-refractivity contribution >= 4 is 22.6 Å². The van der Waals surface area contributed by atoms with Crippen molar-refractivity contribution in [3.63, 3.8) is 0 Å². The van der Waals surface area contributed by atoms with Crippen LogP contribution in [0.2, 0.25) is 0 Å². The Kier molecular flexibility index (Phi) is 6.72. The van der Waals surface area contributed by atoms with Crippen LogP contribution in [0.4, 0.5) is 10.2 Å². The Morgan fingerprint density at radius 1 is 1.03 bits per heavy atom. The summed E-state index contributed by atoms with van der Waals surface area (Å²) in [6.07, 6.45) is 0.934. The van der Waals surface area contributed by atoms with Gasteiger partial charge in [0.1, 0.15) is 17.5 Å². The number of benzene rings is 2. The molecule has 36 heavy (non-hydrogen) atoms. The Morgan fingerprint density at radius 2 is 1.78 bits per heavy atom. The zero-order valence-corrected chi connectivity index (χ0v) is 21.1. The molecule has 0 spiro atoms. The van der Waals surface area contributed by atoms with E-state index in [0.29, 0.717) is 25.9 Å². The second-order valence-corrected chi connectivity index (χ2v) is 9.78. The summed E-state index contributed by atoms with van der Waals surface area (Å²) in [4.78, 5) is 30.1. The highest BCUT2D eigenvalue weighted by atomic mass is 19.1. The van der Waals surface area contributed by atoms with E-state index in [9.17, 15) is 9.18 Å². The number of aromatic nitrogens is 3. The molecule has 6 nitrogen and oxygen atoms in total. The maximum atomic E-state index is 14.1. The topological polar surface area (TPSA) is 65.1 Å². The fourth-order valence-corrected chi connectivity index (χ4v) is 4.90. The van der Waals surface area contributed by atoms with Crippen molar-refractivity contribution in [2.75, 3.05) is 31.1 Å². The van der Waals surface area contributed by atoms with Crippen LogP contribution in [0.3, 0.4) is 0 Å². The summed E-state index contributed by atoms with van der Waals surface area (Å²) in [5, 5.41) is 0.839. The number of hydrogen-bond acceptors (Lipinski definition) is 4. The van der Waals surface area contributed by atoms with Crippen LogP contribution >= 0.6 is 0 Å². The van der Waals surface area contributed by atoms with Gasteiger partial charge in [-0.25, -0.2) is 14.4 Å². The number of anilines is 1. The first-order valence-corrected chi connectivity index (χ1v) is 12.6. The molecule has 1 aliphatic heterocycles. The number of H-pyrrole nitrogens is 1. The second kappa shape index (κ2) is 10.1. The zero-order valence-electron chi connectivity index (χ0n) is 21.1. The normalized spacial score (nSPS) is 14.1. The molecule has 2 aromatic heterocycles. The van der Waals surface area contributed by atoms with E-state index >= 15 is 0 Å². The number of aryl methyl sites for hydroxylation is 2. The van der Waals surface area contributed by atoms with Crippen molar-refractivity contribution in [1.29, 1.82) is 0 Å². The molecule has 1 aliphatic rings. The third kappa shape index (κ3) is 4.96. The fourth-order valence-electron chi connectivity index (χ4n) is 4.90. The van der Waals surface area contributed by atoms with Gasteiger partial charge in [-0.15, -0.1) is 0 Å². The number of aromatic amines is 1. The first-order valence-electron chi connectivity index (χ1n) is 12.6. The second-order valence-electron chi connectivity index (χ2n) is 9.78. The Hall–Kier alpha value is -3.74. The molecule has 1 N–H and O–H groups in total. The molecule has 1 amide bonds. The van der Waals surface area contributed by atoms with Crippen LogP contribution in [-0.2, 0) is 11.2 Å². The van der Waals surface area contributed by atoms with Crippen molar-refractivity contribution < 1.29 is 9.18 Å². The molecular weight excluding hydrogens is 453 g/mol. The van der Waals surface area contributed by atoms with E-state index in [2.05, 4.69) is 28.7 Å². The van der Waals surface area contributed by atoms with Crippen molar-refractivity contribution in [3.05, 3.63) is 77.5 Å². The highest BCUT2D eigenvalue weighted by molar-refractivity contribution is 5.91. The molecule has 4 aromatic rings. The molecule has 1 saturated heterocycles. The Bertz CT molecular complexity index is 1370. The van der Waals surface area contributed by atoms with Crippen molar-refractivity contribution in [1.82, 2.24) is 19.9 Å². The van der Waals surface area contributed by atoms with Gasteiger partial charge in [0, 0.05) is 66.9 Å². The van der Waals surface area contributed by atoms with E-state index in [1.807, 2.05) is 48.2 Å². The quantitative estimate of drug-likeness (QED) is 0.393. The number of hydrogen-bond donors (Lipinski definition) is 1. The van der Waals surface area contributed by atoms with E-state index in [-0.39, 0.29) is 17.6 Å². The summed E-state index contributed by atoms with van der Waals surface area (Å²) in [5.74, 6) is 1.91. The number of nitrogens with zero attached hydrogens (tertiary/aromatic N) is 4. The first kappa shape index (κ1) is 24.0. The number of carbonyl (C=O) groups excluding carboxylic acids is 1. The molecule has 0 atom stereocenters. The summed E-state index contributed by atoms with van der Waals surface area (Å²) >= 11 is 0. The van der Waals surface area contributed by atoms with E-state index < -0.39 is 0 Å². The first-order chi connectivity index (χ1) is 17.4. The van der Waals surface area contributed by atoms with E-state index in [4.69, 9.17) is 4.98 Å². The van der Waals surface area contributed by atoms with Gasteiger partial charge in [0.25, 0.3) is 0 Å². The van der Waals surface area contributed by atoms with Crippen LogP contribution in [0.5, 0.6) is 0 Å². The van der Waals surface area contributed by atoms with Gasteiger partial charge in [-0.05, 0) is 42.7 Å². The number of nitrogens with one attached hydrogen (secondary N) is 1. The van der Waals surface area contributed by atoms with E-state index in [0.717, 1.165) is 58.1 Å². The van der Waals surface area contributed by atoms with Crippen LogP contribution in [0, 0.1) is 12.7 Å². The predicted octanol–water partition coefficient (Wildman–Crippen LogP) is 5.48. The average molecular weight is 486 g/mol. The van der Waals surface area contributed by atoms with E-state index in [1.165, 1.54) is 6.07 Å². The summed E-state index contributed by atoms with van der Waals surface area (Å²) in [6.45, 7) is 9.00. The number of halogens is 1. The minimum absolute atomic E-state index is 0.126. The highest BCUT2D eigenvalue weighted by Crippen LogP contribution is 2.32. The van der Waals surface area contributed by atoms with Gasteiger partial charge in [-0.2, -0.15) is 0 Å². The molecular formula is C29H32FN5O. The van der Waals surface area contributed by atoms with Gasteiger partial charge < -0.3 is 14.8 Å². The van der Waals surface area contributed by atoms with Crippen LogP contribution in [0.1, 0.15) is 43.3 Å². The molecule has 186 valence electrons. The zero-order chi connectivity index (χ0) is 25.2. The smallest absolute Gasteiger partial charge is 0.223 e. The number of fused-ring (bicyclic) bond motifs is 1. The third-order valence-electron chi connectivity index (χ3n) is 6.85. The number of rotatable bonds is 6. The lowest BCUT2D eigenvalue weighted by atomic mass is 10.0. The SMILES string of the molecule is Cc1cc(N2CCN(C(=O)CCc3c(-c4ccccc4)[nH]c4ccc(F)cc34)CC2)nc(C(C)C)n1. The lowest BCUT2D eigenvalue weighted by Crippen LogP contribution is -2.49.